The van der Waals surface area contributed by atoms with Crippen molar-refractivity contribution in [1.82, 2.24) is 5.32 Å². The minimum absolute atomic E-state index is 0.0428. The minimum atomic E-state index is 0.0428. The van der Waals surface area contributed by atoms with E-state index in [4.69, 9.17) is 0 Å². The lowest BCUT2D eigenvalue weighted by molar-refractivity contribution is 0.136. The third-order valence-electron chi connectivity index (χ3n) is 4.79. The number of rotatable bonds is 3. The van der Waals surface area contributed by atoms with Crippen molar-refractivity contribution in [2.45, 2.75) is 77.3 Å². The van der Waals surface area contributed by atoms with Gasteiger partial charge in [0.2, 0.25) is 0 Å². The Hall–Kier alpha value is -0.0800. The van der Waals surface area contributed by atoms with Crippen molar-refractivity contribution in [3.8, 4) is 0 Å². The third-order valence-corrected chi connectivity index (χ3v) is 4.79. The fourth-order valence-corrected chi connectivity index (χ4v) is 3.28. The van der Waals surface area contributed by atoms with E-state index in [2.05, 4.69) is 26.1 Å². The van der Waals surface area contributed by atoms with Crippen molar-refractivity contribution in [3.63, 3.8) is 0 Å². The maximum Gasteiger partial charge on any atom is 0.0613 e. The van der Waals surface area contributed by atoms with E-state index < -0.39 is 0 Å². The number of hydrogen-bond acceptors (Lipinski definition) is 2. The first kappa shape index (κ1) is 13.4. The van der Waals surface area contributed by atoms with Gasteiger partial charge < -0.3 is 10.4 Å². The summed E-state index contributed by atoms with van der Waals surface area (Å²) in [4.78, 5) is 0. The van der Waals surface area contributed by atoms with Crippen LogP contribution in [0.3, 0.4) is 0 Å². The number of hydrogen-bond donors (Lipinski definition) is 2. The summed E-state index contributed by atoms with van der Waals surface area (Å²) in [6.45, 7) is 7.40. The van der Waals surface area contributed by atoms with Crippen LogP contribution in [-0.2, 0) is 0 Å². The van der Waals surface area contributed by atoms with Crippen LogP contribution in [0.2, 0.25) is 0 Å². The van der Waals surface area contributed by atoms with E-state index in [0.29, 0.717) is 18.1 Å². The molecule has 2 aliphatic rings. The average molecular weight is 239 g/mol. The average Bonchev–Trinajstić information content (AvgIpc) is 3.04. The van der Waals surface area contributed by atoms with E-state index in [1.165, 1.54) is 32.1 Å². The molecule has 2 atom stereocenters. The van der Waals surface area contributed by atoms with Gasteiger partial charge in [0.15, 0.2) is 0 Å². The van der Waals surface area contributed by atoms with Crippen LogP contribution in [0.15, 0.2) is 0 Å². The van der Waals surface area contributed by atoms with Crippen LogP contribution in [0.1, 0.15) is 65.7 Å². The van der Waals surface area contributed by atoms with Gasteiger partial charge in [-0.2, -0.15) is 0 Å². The van der Waals surface area contributed by atoms with E-state index in [1.54, 1.807) is 0 Å². The summed E-state index contributed by atoms with van der Waals surface area (Å²) in [5.74, 6) is 0.817. The normalized spacial score (nSPS) is 35.6. The fourth-order valence-electron chi connectivity index (χ4n) is 3.28. The second-order valence-corrected chi connectivity index (χ2v) is 7.35. The Morgan fingerprint density at radius 1 is 1.12 bits per heavy atom. The number of aliphatic hydroxyl groups is 1. The Kier molecular flexibility index (Phi) is 3.84. The first-order valence-corrected chi connectivity index (χ1v) is 7.34. The van der Waals surface area contributed by atoms with Gasteiger partial charge in [-0.1, -0.05) is 27.2 Å². The van der Waals surface area contributed by atoms with E-state index in [0.717, 1.165) is 18.8 Å². The van der Waals surface area contributed by atoms with Crippen LogP contribution >= 0.6 is 0 Å². The molecule has 2 saturated carbocycles. The first-order chi connectivity index (χ1) is 7.95. The molecule has 0 aromatic heterocycles. The highest BCUT2D eigenvalue weighted by Crippen LogP contribution is 2.40. The van der Waals surface area contributed by atoms with Crippen LogP contribution in [0.25, 0.3) is 0 Å². The van der Waals surface area contributed by atoms with Crippen LogP contribution in [0.4, 0.5) is 0 Å². The molecule has 2 N–H and O–H groups in total. The summed E-state index contributed by atoms with van der Waals surface area (Å²) >= 11 is 0. The lowest BCUT2D eigenvalue weighted by atomic mass is 9.76. The summed E-state index contributed by atoms with van der Waals surface area (Å²) in [6, 6.07) is 0.702. The van der Waals surface area contributed by atoms with E-state index in [9.17, 15) is 5.11 Å². The predicted octanol–water partition coefficient (Wildman–Crippen LogP) is 3.10. The zero-order valence-corrected chi connectivity index (χ0v) is 11.8. The molecule has 17 heavy (non-hydrogen) atoms. The van der Waals surface area contributed by atoms with Gasteiger partial charge >= 0.3 is 0 Å². The summed E-state index contributed by atoms with van der Waals surface area (Å²) in [5, 5.41) is 13.5. The van der Waals surface area contributed by atoms with Gasteiger partial charge in [0.1, 0.15) is 0 Å². The van der Waals surface area contributed by atoms with Crippen molar-refractivity contribution >= 4 is 0 Å². The van der Waals surface area contributed by atoms with Crippen molar-refractivity contribution in [1.29, 1.82) is 0 Å². The molecule has 0 aromatic carbocycles. The van der Waals surface area contributed by atoms with Gasteiger partial charge in [-0.25, -0.2) is 0 Å². The molecule has 2 rings (SSSR count). The molecule has 0 spiro atoms. The molecule has 2 aliphatic carbocycles. The van der Waals surface area contributed by atoms with Crippen LogP contribution in [0, 0.1) is 11.3 Å². The Bertz CT molecular complexity index is 254. The van der Waals surface area contributed by atoms with Gasteiger partial charge in [-0.05, 0) is 49.9 Å². The van der Waals surface area contributed by atoms with Gasteiger partial charge in [0.05, 0.1) is 6.61 Å². The van der Waals surface area contributed by atoms with Crippen molar-refractivity contribution < 1.29 is 5.11 Å². The second kappa shape index (κ2) is 4.89. The molecule has 2 nitrogen and oxygen atoms in total. The molecule has 0 aliphatic heterocycles. The molecule has 2 unspecified atom stereocenters. The Morgan fingerprint density at radius 3 is 2.35 bits per heavy atom. The first-order valence-electron chi connectivity index (χ1n) is 7.34. The van der Waals surface area contributed by atoms with E-state index in [1.807, 2.05) is 0 Å². The van der Waals surface area contributed by atoms with Crippen molar-refractivity contribution in [3.05, 3.63) is 0 Å². The van der Waals surface area contributed by atoms with E-state index in [-0.39, 0.29) is 5.54 Å². The number of aliphatic hydroxyl groups excluding tert-OH is 1. The molecular formula is C15H29NO. The summed E-state index contributed by atoms with van der Waals surface area (Å²) in [7, 11) is 0. The molecule has 0 aromatic rings. The van der Waals surface area contributed by atoms with Gasteiger partial charge in [0.25, 0.3) is 0 Å². The standard InChI is InChI=1S/C15H29NO/c1-14(2,3)12-5-4-9-15(11-17,10-8-12)16-13-6-7-13/h12-13,16-17H,4-11H2,1-3H3. The zero-order valence-electron chi connectivity index (χ0n) is 11.8. The molecule has 0 saturated heterocycles. The molecular weight excluding hydrogens is 210 g/mol. The summed E-state index contributed by atoms with van der Waals surface area (Å²) < 4.78 is 0. The molecule has 0 radical (unpaired) electrons. The highest BCUT2D eigenvalue weighted by atomic mass is 16.3. The number of nitrogens with one attached hydrogen (secondary N) is 1. The Labute approximate surface area is 106 Å². The monoisotopic (exact) mass is 239 g/mol. The predicted molar refractivity (Wildman–Crippen MR) is 72.0 cm³/mol. The van der Waals surface area contributed by atoms with Crippen molar-refractivity contribution in [2.24, 2.45) is 11.3 Å². The maximum absolute atomic E-state index is 9.77. The van der Waals surface area contributed by atoms with Crippen LogP contribution in [-0.4, -0.2) is 23.3 Å². The molecule has 0 heterocycles. The smallest absolute Gasteiger partial charge is 0.0613 e. The highest BCUT2D eigenvalue weighted by Gasteiger charge is 2.39. The third kappa shape index (κ3) is 3.45. The molecule has 2 fully saturated rings. The highest BCUT2D eigenvalue weighted by molar-refractivity contribution is 4.97. The summed E-state index contributed by atoms with van der Waals surface area (Å²) in [5.41, 5.74) is 0.465. The topological polar surface area (TPSA) is 32.3 Å². The fraction of sp³-hybridized carbons (Fsp3) is 1.00. The zero-order chi connectivity index (χ0) is 12.5. The van der Waals surface area contributed by atoms with Gasteiger partial charge in [0, 0.05) is 11.6 Å². The quantitative estimate of drug-likeness (QED) is 0.742. The summed E-state index contributed by atoms with van der Waals surface area (Å²) in [6.07, 6.45) is 8.80. The molecule has 2 heteroatoms. The second-order valence-electron chi connectivity index (χ2n) is 7.35. The van der Waals surface area contributed by atoms with Gasteiger partial charge in [-0.3, -0.25) is 0 Å². The lowest BCUT2D eigenvalue weighted by Crippen LogP contribution is -2.49. The van der Waals surface area contributed by atoms with Crippen molar-refractivity contribution in [2.75, 3.05) is 6.61 Å². The van der Waals surface area contributed by atoms with Crippen LogP contribution < -0.4 is 5.32 Å². The lowest BCUT2D eigenvalue weighted by Gasteiger charge is -2.34. The Morgan fingerprint density at radius 2 is 1.82 bits per heavy atom. The van der Waals surface area contributed by atoms with Crippen LogP contribution in [0.5, 0.6) is 0 Å². The SMILES string of the molecule is CC(C)(C)C1CCCC(CO)(NC2CC2)CC1. The minimum Gasteiger partial charge on any atom is -0.394 e. The van der Waals surface area contributed by atoms with E-state index >= 15 is 0 Å². The molecule has 0 amide bonds. The molecule has 0 bridgehead atoms. The Balaban J connectivity index is 1.96. The molecule has 100 valence electrons. The maximum atomic E-state index is 9.77. The van der Waals surface area contributed by atoms with Gasteiger partial charge in [-0.15, -0.1) is 0 Å². The largest absolute Gasteiger partial charge is 0.394 e.